The minimum atomic E-state index is -1.29. The number of carboxylic acid groups (broad SMARTS) is 1. The molecule has 0 bridgehead atoms. The summed E-state index contributed by atoms with van der Waals surface area (Å²) in [7, 11) is 1.49. The van der Waals surface area contributed by atoms with Gasteiger partial charge in [0.2, 0.25) is 0 Å². The van der Waals surface area contributed by atoms with Crippen molar-refractivity contribution in [3.63, 3.8) is 0 Å². The summed E-state index contributed by atoms with van der Waals surface area (Å²) in [5, 5.41) is 11.0. The molecule has 37 heavy (non-hydrogen) atoms. The first-order valence-electron chi connectivity index (χ1n) is 12.1. The van der Waals surface area contributed by atoms with E-state index >= 15 is 0 Å². The Kier molecular flexibility index (Phi) is 10.1. The van der Waals surface area contributed by atoms with E-state index < -0.39 is 41.3 Å². The van der Waals surface area contributed by atoms with Crippen LogP contribution in [0.2, 0.25) is 0 Å². The molecule has 0 aliphatic rings. The fourth-order valence-electron chi connectivity index (χ4n) is 3.52. The summed E-state index contributed by atoms with van der Waals surface area (Å²) in [6.45, 7) is 10.2. The van der Waals surface area contributed by atoms with Crippen LogP contribution in [0.3, 0.4) is 0 Å². The molecule has 0 aliphatic carbocycles. The largest absolute Gasteiger partial charge is 0.496 e. The maximum Gasteiger partial charge on any atom is 0.425 e. The number of para-hydroxylation sites is 1. The lowest BCUT2D eigenvalue weighted by molar-refractivity contribution is -0.164. The lowest BCUT2D eigenvalue weighted by atomic mass is 10.0. The first kappa shape index (κ1) is 29.6. The van der Waals surface area contributed by atoms with Crippen LogP contribution in [-0.4, -0.2) is 58.5 Å². The summed E-state index contributed by atoms with van der Waals surface area (Å²) in [6.07, 6.45) is -0.848. The second kappa shape index (κ2) is 12.6. The molecule has 0 heterocycles. The molecule has 2 atom stereocenters. The summed E-state index contributed by atoms with van der Waals surface area (Å²) in [4.78, 5) is 39.1. The van der Waals surface area contributed by atoms with Crippen LogP contribution in [0.1, 0.15) is 52.7 Å². The highest BCUT2D eigenvalue weighted by Crippen LogP contribution is 2.21. The molecule has 0 spiro atoms. The third-order valence-electron chi connectivity index (χ3n) is 5.06. The molecule has 2 aromatic carbocycles. The van der Waals surface area contributed by atoms with Gasteiger partial charge < -0.3 is 19.3 Å². The van der Waals surface area contributed by atoms with Crippen molar-refractivity contribution in [1.82, 2.24) is 10.4 Å². The van der Waals surface area contributed by atoms with E-state index in [0.717, 1.165) is 10.6 Å². The number of carboxylic acids is 1. The summed E-state index contributed by atoms with van der Waals surface area (Å²) >= 11 is 0. The Morgan fingerprint density at radius 3 is 1.97 bits per heavy atom. The second-order valence-electron chi connectivity index (χ2n) is 10.6. The lowest BCUT2D eigenvalue weighted by Crippen LogP contribution is -2.60. The standard InChI is InChI=1S/C28H38N2O7/c1-27(2,3)36-25(33)22(17-19-13-9-8-10-14-19)30(26(34)37-28(4,5)6)29-21(24(31)32)18-20-15-11-12-16-23(20)35-7/h8-16,21-22,29H,17-18H2,1-7H3,(H,31,32)/t21?,22-/m0/s1. The predicted molar refractivity (Wildman–Crippen MR) is 139 cm³/mol. The van der Waals surface area contributed by atoms with Crippen LogP contribution < -0.4 is 10.2 Å². The molecule has 2 N–H and O–H groups in total. The first-order valence-corrected chi connectivity index (χ1v) is 12.1. The number of nitrogens with zero attached hydrogens (tertiary/aromatic N) is 1. The van der Waals surface area contributed by atoms with Crippen molar-refractivity contribution < 1.29 is 33.7 Å². The summed E-state index contributed by atoms with van der Waals surface area (Å²) in [6, 6.07) is 13.6. The number of methoxy groups -OCH3 is 1. The number of ether oxygens (including phenoxy) is 3. The normalized spacial score (nSPS) is 13.3. The van der Waals surface area contributed by atoms with Gasteiger partial charge in [-0.2, -0.15) is 0 Å². The van der Waals surface area contributed by atoms with Gasteiger partial charge in [-0.15, -0.1) is 0 Å². The number of nitrogens with one attached hydrogen (secondary N) is 1. The number of carbonyl (C=O) groups is 3. The molecule has 1 unspecified atom stereocenters. The average Bonchev–Trinajstić information content (AvgIpc) is 2.79. The Hall–Kier alpha value is -3.59. The maximum atomic E-state index is 13.4. The van der Waals surface area contributed by atoms with Crippen molar-refractivity contribution in [2.24, 2.45) is 0 Å². The number of hydrogen-bond donors (Lipinski definition) is 2. The van der Waals surface area contributed by atoms with E-state index in [1.165, 1.54) is 7.11 Å². The van der Waals surface area contributed by atoms with Gasteiger partial charge in [0.25, 0.3) is 0 Å². The van der Waals surface area contributed by atoms with Crippen molar-refractivity contribution in [1.29, 1.82) is 0 Å². The quantitative estimate of drug-likeness (QED) is 0.355. The molecule has 1 amide bonds. The van der Waals surface area contributed by atoms with Crippen LogP contribution in [0.25, 0.3) is 0 Å². The molecule has 0 saturated carbocycles. The Morgan fingerprint density at radius 1 is 0.865 bits per heavy atom. The molecule has 2 rings (SSSR count). The third kappa shape index (κ3) is 9.76. The van der Waals surface area contributed by atoms with E-state index in [2.05, 4.69) is 5.43 Å². The number of benzene rings is 2. The number of hydrogen-bond acceptors (Lipinski definition) is 7. The maximum absolute atomic E-state index is 13.4. The van der Waals surface area contributed by atoms with E-state index in [0.29, 0.717) is 11.3 Å². The molecule has 0 aromatic heterocycles. The lowest BCUT2D eigenvalue weighted by Gasteiger charge is -2.35. The van der Waals surface area contributed by atoms with Gasteiger partial charge in [0.15, 0.2) is 6.04 Å². The van der Waals surface area contributed by atoms with Crippen molar-refractivity contribution in [2.75, 3.05) is 7.11 Å². The van der Waals surface area contributed by atoms with Gasteiger partial charge in [-0.1, -0.05) is 48.5 Å². The van der Waals surface area contributed by atoms with Crippen LogP contribution in [0.4, 0.5) is 4.79 Å². The molecule has 0 aliphatic heterocycles. The van der Waals surface area contributed by atoms with E-state index in [1.807, 2.05) is 30.3 Å². The summed E-state index contributed by atoms with van der Waals surface area (Å²) < 4.78 is 16.6. The minimum Gasteiger partial charge on any atom is -0.496 e. The number of amides is 1. The number of hydrazine groups is 1. The van der Waals surface area contributed by atoms with Crippen molar-refractivity contribution in [2.45, 2.75) is 77.7 Å². The Morgan fingerprint density at radius 2 is 1.43 bits per heavy atom. The number of aliphatic carboxylic acids is 1. The number of carbonyl (C=O) groups excluding carboxylic acids is 2. The van der Waals surface area contributed by atoms with Crippen LogP contribution in [-0.2, 0) is 31.9 Å². The van der Waals surface area contributed by atoms with Crippen LogP contribution in [0, 0.1) is 0 Å². The topological polar surface area (TPSA) is 114 Å². The monoisotopic (exact) mass is 514 g/mol. The fraction of sp³-hybridized carbons (Fsp3) is 0.464. The van der Waals surface area contributed by atoms with E-state index in [4.69, 9.17) is 14.2 Å². The number of rotatable bonds is 10. The smallest absolute Gasteiger partial charge is 0.425 e. The number of esters is 1. The van der Waals surface area contributed by atoms with Crippen molar-refractivity contribution in [3.8, 4) is 5.75 Å². The zero-order valence-electron chi connectivity index (χ0n) is 22.6. The van der Waals surface area contributed by atoms with Gasteiger partial charge in [-0.3, -0.25) is 4.79 Å². The van der Waals surface area contributed by atoms with Crippen LogP contribution >= 0.6 is 0 Å². The average molecular weight is 515 g/mol. The summed E-state index contributed by atoms with van der Waals surface area (Å²) in [5.74, 6) is -1.41. The second-order valence-corrected chi connectivity index (χ2v) is 10.6. The highest BCUT2D eigenvalue weighted by molar-refractivity contribution is 5.82. The Labute approximate surface area is 218 Å². The molecule has 0 radical (unpaired) electrons. The molecule has 0 saturated heterocycles. The highest BCUT2D eigenvalue weighted by atomic mass is 16.6. The first-order chi connectivity index (χ1) is 17.2. The minimum absolute atomic E-state index is 0.0228. The van der Waals surface area contributed by atoms with Gasteiger partial charge in [0.1, 0.15) is 23.0 Å². The van der Waals surface area contributed by atoms with Crippen molar-refractivity contribution in [3.05, 3.63) is 65.7 Å². The molecule has 0 fully saturated rings. The van der Waals surface area contributed by atoms with E-state index in [-0.39, 0.29) is 12.8 Å². The van der Waals surface area contributed by atoms with Crippen LogP contribution in [0.15, 0.2) is 54.6 Å². The van der Waals surface area contributed by atoms with Gasteiger partial charge in [0.05, 0.1) is 7.11 Å². The SMILES string of the molecule is COc1ccccc1CC(NN(C(=O)OC(C)(C)C)[C@@H](Cc1ccccc1)C(=O)OC(C)(C)C)C(=O)O. The van der Waals surface area contributed by atoms with Gasteiger partial charge >= 0.3 is 18.0 Å². The highest BCUT2D eigenvalue weighted by Gasteiger charge is 2.38. The summed E-state index contributed by atoms with van der Waals surface area (Å²) in [5.41, 5.74) is 2.40. The van der Waals surface area contributed by atoms with Gasteiger partial charge in [-0.25, -0.2) is 20.0 Å². The molecule has 9 heteroatoms. The van der Waals surface area contributed by atoms with Gasteiger partial charge in [0, 0.05) is 12.8 Å². The zero-order chi connectivity index (χ0) is 27.8. The van der Waals surface area contributed by atoms with E-state index in [1.54, 1.807) is 65.8 Å². The Bertz CT molecular complexity index is 1060. The molecular formula is C28H38N2O7. The van der Waals surface area contributed by atoms with Crippen molar-refractivity contribution >= 4 is 18.0 Å². The zero-order valence-corrected chi connectivity index (χ0v) is 22.6. The molecular weight excluding hydrogens is 476 g/mol. The molecule has 202 valence electrons. The fourth-order valence-corrected chi connectivity index (χ4v) is 3.52. The molecule has 9 nitrogen and oxygen atoms in total. The Balaban J connectivity index is 2.52. The van der Waals surface area contributed by atoms with Gasteiger partial charge in [-0.05, 0) is 58.7 Å². The molecule has 2 aromatic rings. The van der Waals surface area contributed by atoms with E-state index in [9.17, 15) is 19.5 Å². The van der Waals surface area contributed by atoms with Crippen LogP contribution in [0.5, 0.6) is 5.75 Å². The predicted octanol–water partition coefficient (Wildman–Crippen LogP) is 4.39. The third-order valence-corrected chi connectivity index (χ3v) is 5.06.